The van der Waals surface area contributed by atoms with Crippen molar-refractivity contribution in [3.8, 4) is 0 Å². The summed E-state index contributed by atoms with van der Waals surface area (Å²) in [6, 6.07) is 7.64. The minimum absolute atomic E-state index is 0.181. The fourth-order valence-electron chi connectivity index (χ4n) is 2.85. The Bertz CT molecular complexity index is 538. The van der Waals surface area contributed by atoms with Gasteiger partial charge in [0.25, 0.3) is 0 Å². The molecule has 2 fully saturated rings. The van der Waals surface area contributed by atoms with Crippen LogP contribution in [0.1, 0.15) is 31.2 Å². The number of halogens is 1. The molecule has 0 radical (unpaired) electrons. The first-order chi connectivity index (χ1) is 11.3. The molecule has 5 heteroatoms. The first kappa shape index (κ1) is 16.2. The molecular formula is C18H27FN4. The Labute approximate surface area is 138 Å². The molecule has 2 aliphatic carbocycles. The van der Waals surface area contributed by atoms with E-state index in [-0.39, 0.29) is 5.82 Å². The summed E-state index contributed by atoms with van der Waals surface area (Å²) in [4.78, 5) is 6.84. The minimum Gasteiger partial charge on any atom is -0.355 e. The smallest absolute Gasteiger partial charge is 0.191 e. The second-order valence-corrected chi connectivity index (χ2v) is 6.61. The van der Waals surface area contributed by atoms with E-state index in [1.807, 2.05) is 6.07 Å². The Morgan fingerprint density at radius 2 is 2.00 bits per heavy atom. The van der Waals surface area contributed by atoms with Crippen LogP contribution in [0.15, 0.2) is 29.3 Å². The molecular weight excluding hydrogens is 291 g/mol. The lowest BCUT2D eigenvalue weighted by Gasteiger charge is -2.22. The molecule has 2 N–H and O–H groups in total. The van der Waals surface area contributed by atoms with Crippen molar-refractivity contribution in [2.75, 3.05) is 26.7 Å². The molecule has 126 valence electrons. The van der Waals surface area contributed by atoms with Crippen LogP contribution in [0.2, 0.25) is 0 Å². The highest BCUT2D eigenvalue weighted by Gasteiger charge is 2.33. The summed E-state index contributed by atoms with van der Waals surface area (Å²) in [6.45, 7) is 3.64. The lowest BCUT2D eigenvalue weighted by atomic mass is 10.2. The monoisotopic (exact) mass is 318 g/mol. The number of guanidine groups is 1. The van der Waals surface area contributed by atoms with Gasteiger partial charge in [0.2, 0.25) is 0 Å². The lowest BCUT2D eigenvalue weighted by Crippen LogP contribution is -2.42. The Morgan fingerprint density at radius 3 is 2.65 bits per heavy atom. The van der Waals surface area contributed by atoms with E-state index in [1.165, 1.54) is 38.3 Å². The molecule has 23 heavy (non-hydrogen) atoms. The highest BCUT2D eigenvalue weighted by molar-refractivity contribution is 5.79. The van der Waals surface area contributed by atoms with Gasteiger partial charge in [-0.1, -0.05) is 18.2 Å². The quantitative estimate of drug-likeness (QED) is 0.571. The summed E-state index contributed by atoms with van der Waals surface area (Å²) in [5, 5.41) is 6.52. The van der Waals surface area contributed by atoms with E-state index in [4.69, 9.17) is 0 Å². The molecule has 0 amide bonds. The molecule has 0 heterocycles. The Morgan fingerprint density at radius 1 is 1.22 bits per heavy atom. The summed E-state index contributed by atoms with van der Waals surface area (Å²) in [6.07, 6.45) is 5.52. The number of hydrogen-bond acceptors (Lipinski definition) is 2. The molecule has 4 nitrogen and oxygen atoms in total. The first-order valence-corrected chi connectivity index (χ1v) is 8.68. The van der Waals surface area contributed by atoms with Gasteiger partial charge >= 0.3 is 0 Å². The van der Waals surface area contributed by atoms with Crippen molar-refractivity contribution in [1.82, 2.24) is 15.5 Å². The topological polar surface area (TPSA) is 39.7 Å². The molecule has 1 aromatic rings. The molecule has 2 aliphatic rings. The van der Waals surface area contributed by atoms with Crippen LogP contribution in [0.5, 0.6) is 0 Å². The molecule has 0 spiro atoms. The average molecular weight is 318 g/mol. The Hall–Kier alpha value is -1.62. The molecule has 1 aromatic carbocycles. The normalized spacial score (nSPS) is 18.3. The summed E-state index contributed by atoms with van der Waals surface area (Å²) in [5.41, 5.74) is 0.656. The number of nitrogens with one attached hydrogen (secondary N) is 2. The van der Waals surface area contributed by atoms with Crippen LogP contribution in [0.3, 0.4) is 0 Å². The van der Waals surface area contributed by atoms with Gasteiger partial charge in [-0.25, -0.2) is 4.39 Å². The van der Waals surface area contributed by atoms with Crippen LogP contribution in [0.25, 0.3) is 0 Å². The number of benzene rings is 1. The zero-order valence-corrected chi connectivity index (χ0v) is 13.9. The number of aliphatic imine (C=N–C) groups is 1. The van der Waals surface area contributed by atoms with Crippen LogP contribution in [-0.2, 0) is 6.54 Å². The van der Waals surface area contributed by atoms with E-state index < -0.39 is 0 Å². The predicted molar refractivity (Wildman–Crippen MR) is 91.9 cm³/mol. The maximum Gasteiger partial charge on any atom is 0.191 e. The molecule has 0 atom stereocenters. The summed E-state index contributed by atoms with van der Waals surface area (Å²) in [5.74, 6) is 1.49. The highest BCUT2D eigenvalue weighted by atomic mass is 19.1. The highest BCUT2D eigenvalue weighted by Crippen LogP contribution is 2.34. The van der Waals surface area contributed by atoms with Crippen molar-refractivity contribution in [2.45, 2.75) is 38.3 Å². The van der Waals surface area contributed by atoms with E-state index in [0.717, 1.165) is 31.0 Å². The van der Waals surface area contributed by atoms with E-state index in [9.17, 15) is 4.39 Å². The van der Waals surface area contributed by atoms with Crippen LogP contribution in [-0.4, -0.2) is 43.6 Å². The Balaban J connectivity index is 1.39. The minimum atomic E-state index is -0.181. The van der Waals surface area contributed by atoms with E-state index in [2.05, 4.69) is 20.5 Å². The maximum absolute atomic E-state index is 13.6. The Kier molecular flexibility index (Phi) is 5.49. The first-order valence-electron chi connectivity index (χ1n) is 8.68. The van der Waals surface area contributed by atoms with Crippen molar-refractivity contribution in [2.24, 2.45) is 10.9 Å². The summed E-state index contributed by atoms with van der Waals surface area (Å²) in [7, 11) is 1.75. The third-order valence-electron chi connectivity index (χ3n) is 4.57. The van der Waals surface area contributed by atoms with Gasteiger partial charge < -0.3 is 10.6 Å². The van der Waals surface area contributed by atoms with Gasteiger partial charge in [-0.05, 0) is 37.7 Å². The van der Waals surface area contributed by atoms with Crippen molar-refractivity contribution in [3.05, 3.63) is 35.6 Å². The lowest BCUT2D eigenvalue weighted by molar-refractivity contribution is 0.256. The molecule has 3 rings (SSSR count). The SMILES string of the molecule is CN=C(NCCN(CC1CC1)C1CC1)NCc1ccccc1F. The molecule has 0 aliphatic heterocycles. The zero-order valence-electron chi connectivity index (χ0n) is 13.9. The van der Waals surface area contributed by atoms with Crippen molar-refractivity contribution in [1.29, 1.82) is 0 Å². The van der Waals surface area contributed by atoms with Gasteiger partial charge in [-0.2, -0.15) is 0 Å². The van der Waals surface area contributed by atoms with Crippen LogP contribution >= 0.6 is 0 Å². The van der Waals surface area contributed by atoms with Crippen LogP contribution < -0.4 is 10.6 Å². The second-order valence-electron chi connectivity index (χ2n) is 6.61. The van der Waals surface area contributed by atoms with E-state index in [1.54, 1.807) is 19.2 Å². The fourth-order valence-corrected chi connectivity index (χ4v) is 2.85. The second kappa shape index (κ2) is 7.77. The third-order valence-corrected chi connectivity index (χ3v) is 4.57. The molecule has 0 unspecified atom stereocenters. The van der Waals surface area contributed by atoms with Crippen molar-refractivity contribution in [3.63, 3.8) is 0 Å². The van der Waals surface area contributed by atoms with E-state index >= 15 is 0 Å². The van der Waals surface area contributed by atoms with Gasteiger partial charge in [-0.15, -0.1) is 0 Å². The van der Waals surface area contributed by atoms with Gasteiger partial charge in [0, 0.05) is 44.8 Å². The molecule has 0 aromatic heterocycles. The number of rotatable bonds is 8. The summed E-state index contributed by atoms with van der Waals surface area (Å²) < 4.78 is 13.6. The molecule has 0 bridgehead atoms. The number of nitrogens with zero attached hydrogens (tertiary/aromatic N) is 2. The standard InChI is InChI=1S/C18H27FN4/c1-20-18(22-12-15-4-2-3-5-17(15)19)21-10-11-23(16-8-9-16)13-14-6-7-14/h2-5,14,16H,6-13H2,1H3,(H2,20,21,22). The van der Waals surface area contributed by atoms with Gasteiger partial charge in [0.1, 0.15) is 5.82 Å². The van der Waals surface area contributed by atoms with Crippen LogP contribution in [0, 0.1) is 11.7 Å². The maximum atomic E-state index is 13.6. The van der Waals surface area contributed by atoms with Gasteiger partial charge in [0.05, 0.1) is 0 Å². The molecule has 2 saturated carbocycles. The van der Waals surface area contributed by atoms with Gasteiger partial charge in [-0.3, -0.25) is 9.89 Å². The van der Waals surface area contributed by atoms with Gasteiger partial charge in [0.15, 0.2) is 5.96 Å². The third kappa shape index (κ3) is 5.20. The largest absolute Gasteiger partial charge is 0.355 e. The van der Waals surface area contributed by atoms with Crippen molar-refractivity contribution < 1.29 is 4.39 Å². The van der Waals surface area contributed by atoms with E-state index in [0.29, 0.717) is 12.1 Å². The van der Waals surface area contributed by atoms with Crippen LogP contribution in [0.4, 0.5) is 4.39 Å². The molecule has 0 saturated heterocycles. The van der Waals surface area contributed by atoms with Crippen molar-refractivity contribution >= 4 is 5.96 Å². The number of hydrogen-bond donors (Lipinski definition) is 2. The predicted octanol–water partition coefficient (Wildman–Crippen LogP) is 2.37. The fraction of sp³-hybridized carbons (Fsp3) is 0.611. The summed E-state index contributed by atoms with van der Waals surface area (Å²) >= 11 is 0. The average Bonchev–Trinajstić information content (AvgIpc) is 3.44. The zero-order chi connectivity index (χ0) is 16.1.